The van der Waals surface area contributed by atoms with Gasteiger partial charge >= 0.3 is 0 Å². The molecule has 2 aromatic rings. The van der Waals surface area contributed by atoms with Crippen LogP contribution in [0.5, 0.6) is 0 Å². The van der Waals surface area contributed by atoms with Crippen LogP contribution in [-0.4, -0.2) is 38.8 Å². The molecule has 1 aromatic carbocycles. The standard InChI is InChI=1S/C12H14N4O2/c17-7-10(6-9-4-2-1-3-5-9)15-12(18)11-13-8-14-16-11/h1-5,8,10,17H,6-7H2,(H,15,18)(H,13,14,16). The fraction of sp³-hybridized carbons (Fsp3) is 0.250. The van der Waals surface area contributed by atoms with Crippen LogP contribution in [0.1, 0.15) is 16.2 Å². The van der Waals surface area contributed by atoms with Crippen LogP contribution >= 0.6 is 0 Å². The summed E-state index contributed by atoms with van der Waals surface area (Å²) in [5.74, 6) is -0.232. The highest BCUT2D eigenvalue weighted by molar-refractivity contribution is 5.90. The van der Waals surface area contributed by atoms with E-state index in [-0.39, 0.29) is 24.4 Å². The Bertz CT molecular complexity index is 484. The topological polar surface area (TPSA) is 90.9 Å². The quantitative estimate of drug-likeness (QED) is 0.699. The summed E-state index contributed by atoms with van der Waals surface area (Å²) in [5.41, 5.74) is 1.05. The summed E-state index contributed by atoms with van der Waals surface area (Å²) in [5, 5.41) is 18.0. The molecule has 94 valence electrons. The minimum atomic E-state index is -0.373. The second-order valence-electron chi connectivity index (χ2n) is 3.88. The van der Waals surface area contributed by atoms with Gasteiger partial charge in [-0.3, -0.25) is 9.89 Å². The number of carbonyl (C=O) groups is 1. The fourth-order valence-electron chi connectivity index (χ4n) is 1.63. The summed E-state index contributed by atoms with van der Waals surface area (Å²) in [4.78, 5) is 15.5. The number of H-pyrrole nitrogens is 1. The lowest BCUT2D eigenvalue weighted by Gasteiger charge is -2.15. The highest BCUT2D eigenvalue weighted by atomic mass is 16.3. The van der Waals surface area contributed by atoms with Gasteiger partial charge in [-0.2, -0.15) is 5.10 Å². The second kappa shape index (κ2) is 5.92. The van der Waals surface area contributed by atoms with E-state index in [1.54, 1.807) is 0 Å². The molecule has 1 unspecified atom stereocenters. The molecule has 0 aliphatic rings. The molecular weight excluding hydrogens is 232 g/mol. The van der Waals surface area contributed by atoms with Crippen LogP contribution in [0.2, 0.25) is 0 Å². The van der Waals surface area contributed by atoms with E-state index in [0.717, 1.165) is 5.56 Å². The molecule has 0 bridgehead atoms. The summed E-state index contributed by atoms with van der Waals surface area (Å²) in [6.07, 6.45) is 1.83. The lowest BCUT2D eigenvalue weighted by Crippen LogP contribution is -2.39. The number of aromatic amines is 1. The lowest BCUT2D eigenvalue weighted by molar-refractivity contribution is 0.0906. The first kappa shape index (κ1) is 12.3. The van der Waals surface area contributed by atoms with E-state index in [2.05, 4.69) is 20.5 Å². The normalized spacial score (nSPS) is 12.1. The monoisotopic (exact) mass is 246 g/mol. The van der Waals surface area contributed by atoms with Gasteiger partial charge in [-0.1, -0.05) is 30.3 Å². The molecule has 0 saturated carbocycles. The Kier molecular flexibility index (Phi) is 4.03. The molecule has 6 nitrogen and oxygen atoms in total. The van der Waals surface area contributed by atoms with Gasteiger partial charge in [0, 0.05) is 0 Å². The van der Waals surface area contributed by atoms with Crippen molar-refractivity contribution < 1.29 is 9.90 Å². The third-order valence-electron chi connectivity index (χ3n) is 2.51. The van der Waals surface area contributed by atoms with Crippen molar-refractivity contribution in [3.8, 4) is 0 Å². The molecule has 2 rings (SSSR count). The molecule has 0 aliphatic heterocycles. The maximum Gasteiger partial charge on any atom is 0.288 e. The van der Waals surface area contributed by atoms with E-state index in [9.17, 15) is 9.90 Å². The predicted molar refractivity (Wildman–Crippen MR) is 64.9 cm³/mol. The molecular formula is C12H14N4O2. The minimum Gasteiger partial charge on any atom is -0.394 e. The zero-order chi connectivity index (χ0) is 12.8. The van der Waals surface area contributed by atoms with Gasteiger partial charge in [-0.05, 0) is 12.0 Å². The van der Waals surface area contributed by atoms with Crippen molar-refractivity contribution in [2.75, 3.05) is 6.61 Å². The van der Waals surface area contributed by atoms with Crippen molar-refractivity contribution in [3.63, 3.8) is 0 Å². The van der Waals surface area contributed by atoms with Crippen molar-refractivity contribution in [1.29, 1.82) is 0 Å². The van der Waals surface area contributed by atoms with E-state index >= 15 is 0 Å². The Balaban J connectivity index is 1.96. The zero-order valence-corrected chi connectivity index (χ0v) is 9.71. The van der Waals surface area contributed by atoms with Crippen molar-refractivity contribution in [2.45, 2.75) is 12.5 Å². The second-order valence-corrected chi connectivity index (χ2v) is 3.88. The molecule has 0 radical (unpaired) electrons. The number of hydrogen-bond donors (Lipinski definition) is 3. The van der Waals surface area contributed by atoms with Crippen molar-refractivity contribution in [1.82, 2.24) is 20.5 Å². The van der Waals surface area contributed by atoms with Gasteiger partial charge in [0.1, 0.15) is 6.33 Å². The highest BCUT2D eigenvalue weighted by Crippen LogP contribution is 2.03. The van der Waals surface area contributed by atoms with Crippen LogP contribution in [0.4, 0.5) is 0 Å². The van der Waals surface area contributed by atoms with E-state index in [1.165, 1.54) is 6.33 Å². The number of nitrogens with one attached hydrogen (secondary N) is 2. The number of amides is 1. The molecule has 0 aliphatic carbocycles. The maximum atomic E-state index is 11.7. The van der Waals surface area contributed by atoms with Crippen LogP contribution in [0.3, 0.4) is 0 Å². The predicted octanol–water partition coefficient (Wildman–Crippen LogP) is 0.138. The fourth-order valence-corrected chi connectivity index (χ4v) is 1.63. The molecule has 18 heavy (non-hydrogen) atoms. The number of aliphatic hydroxyl groups is 1. The Morgan fingerprint density at radius 1 is 1.39 bits per heavy atom. The summed E-state index contributed by atoms with van der Waals surface area (Å²) in [6.45, 7) is -0.130. The first-order valence-electron chi connectivity index (χ1n) is 5.60. The van der Waals surface area contributed by atoms with Crippen molar-refractivity contribution in [3.05, 3.63) is 48.0 Å². The summed E-state index contributed by atoms with van der Waals surface area (Å²) < 4.78 is 0. The van der Waals surface area contributed by atoms with Gasteiger partial charge in [0.25, 0.3) is 5.91 Å². The summed E-state index contributed by atoms with van der Waals surface area (Å²) in [6, 6.07) is 9.31. The molecule has 1 heterocycles. The van der Waals surface area contributed by atoms with Crippen LogP contribution in [0.25, 0.3) is 0 Å². The molecule has 3 N–H and O–H groups in total. The summed E-state index contributed by atoms with van der Waals surface area (Å²) in [7, 11) is 0. The summed E-state index contributed by atoms with van der Waals surface area (Å²) >= 11 is 0. The van der Waals surface area contributed by atoms with Gasteiger partial charge in [0.05, 0.1) is 12.6 Å². The van der Waals surface area contributed by atoms with Gasteiger partial charge in [0.15, 0.2) is 0 Å². The van der Waals surface area contributed by atoms with Gasteiger partial charge in [0.2, 0.25) is 5.82 Å². The average Bonchev–Trinajstić information content (AvgIpc) is 2.93. The van der Waals surface area contributed by atoms with Crippen LogP contribution in [0, 0.1) is 0 Å². The van der Waals surface area contributed by atoms with Crippen molar-refractivity contribution >= 4 is 5.91 Å². The maximum absolute atomic E-state index is 11.7. The Morgan fingerprint density at radius 3 is 2.78 bits per heavy atom. The van der Waals surface area contributed by atoms with Gasteiger partial charge in [-0.15, -0.1) is 0 Å². The van der Waals surface area contributed by atoms with E-state index in [0.29, 0.717) is 6.42 Å². The third-order valence-corrected chi connectivity index (χ3v) is 2.51. The molecule has 1 aromatic heterocycles. The molecule has 1 atom stereocenters. The molecule has 0 fully saturated rings. The van der Waals surface area contributed by atoms with Gasteiger partial charge in [-0.25, -0.2) is 4.98 Å². The van der Waals surface area contributed by atoms with Crippen LogP contribution < -0.4 is 5.32 Å². The van der Waals surface area contributed by atoms with E-state index in [1.807, 2.05) is 30.3 Å². The molecule has 6 heteroatoms. The van der Waals surface area contributed by atoms with Gasteiger partial charge < -0.3 is 10.4 Å². The zero-order valence-electron chi connectivity index (χ0n) is 9.71. The number of aliphatic hydroxyl groups excluding tert-OH is 1. The Labute approximate surface area is 104 Å². The first-order chi connectivity index (χ1) is 8.79. The van der Waals surface area contributed by atoms with Crippen LogP contribution in [0.15, 0.2) is 36.7 Å². The Morgan fingerprint density at radius 2 is 2.17 bits per heavy atom. The van der Waals surface area contributed by atoms with E-state index in [4.69, 9.17) is 0 Å². The average molecular weight is 246 g/mol. The Hall–Kier alpha value is -2.21. The number of aromatic nitrogens is 3. The third kappa shape index (κ3) is 3.14. The SMILES string of the molecule is O=C(NC(CO)Cc1ccccc1)c1ncn[nH]1. The number of benzene rings is 1. The molecule has 1 amide bonds. The lowest BCUT2D eigenvalue weighted by atomic mass is 10.1. The number of carbonyl (C=O) groups excluding carboxylic acids is 1. The van der Waals surface area contributed by atoms with Crippen molar-refractivity contribution in [2.24, 2.45) is 0 Å². The number of nitrogens with zero attached hydrogens (tertiary/aromatic N) is 2. The largest absolute Gasteiger partial charge is 0.394 e. The van der Waals surface area contributed by atoms with Crippen LogP contribution in [-0.2, 0) is 6.42 Å². The smallest absolute Gasteiger partial charge is 0.288 e. The minimum absolute atomic E-state index is 0.130. The highest BCUT2D eigenvalue weighted by Gasteiger charge is 2.15. The first-order valence-corrected chi connectivity index (χ1v) is 5.60. The number of hydrogen-bond acceptors (Lipinski definition) is 4. The number of rotatable bonds is 5. The molecule has 0 spiro atoms. The van der Waals surface area contributed by atoms with E-state index < -0.39 is 0 Å². The molecule has 0 saturated heterocycles.